The van der Waals surface area contributed by atoms with Crippen molar-refractivity contribution in [2.75, 3.05) is 0 Å². The Kier molecular flexibility index (Phi) is 3.73. The molecule has 106 valence electrons. The highest BCUT2D eigenvalue weighted by atomic mass is 35.5. The Labute approximate surface area is 121 Å². The summed E-state index contributed by atoms with van der Waals surface area (Å²) >= 11 is 5.83. The minimum absolute atomic E-state index is 0.0589. The minimum Gasteiger partial charge on any atom is -0.480 e. The average Bonchev–Trinajstić information content (AvgIpc) is 2.34. The Balaban J connectivity index is 2.41. The van der Waals surface area contributed by atoms with E-state index in [0.717, 1.165) is 6.07 Å². The van der Waals surface area contributed by atoms with Crippen LogP contribution in [0.15, 0.2) is 23.1 Å². The van der Waals surface area contributed by atoms with E-state index >= 15 is 0 Å². The van der Waals surface area contributed by atoms with E-state index in [1.807, 2.05) is 6.07 Å². The van der Waals surface area contributed by atoms with Crippen LogP contribution in [0.1, 0.15) is 24.8 Å². The van der Waals surface area contributed by atoms with Crippen LogP contribution in [0.5, 0.6) is 0 Å². The van der Waals surface area contributed by atoms with Gasteiger partial charge in [0.15, 0.2) is 0 Å². The summed E-state index contributed by atoms with van der Waals surface area (Å²) in [6.45, 7) is 0. The summed E-state index contributed by atoms with van der Waals surface area (Å²) in [5.41, 5.74) is -1.34. The Morgan fingerprint density at radius 2 is 2.10 bits per heavy atom. The molecule has 0 aromatic heterocycles. The molecule has 0 bridgehead atoms. The summed E-state index contributed by atoms with van der Waals surface area (Å²) in [5, 5.41) is 17.9. The van der Waals surface area contributed by atoms with Gasteiger partial charge in [-0.25, -0.2) is 8.42 Å². The van der Waals surface area contributed by atoms with Gasteiger partial charge in [0.2, 0.25) is 10.0 Å². The SMILES string of the molecule is N#Cc1ccc(Cl)c(S(=O)(=O)NC2(C(=O)O)CCC2)c1. The van der Waals surface area contributed by atoms with Gasteiger partial charge in [0.25, 0.3) is 0 Å². The largest absolute Gasteiger partial charge is 0.480 e. The zero-order valence-corrected chi connectivity index (χ0v) is 11.8. The Bertz CT molecular complexity index is 705. The van der Waals surface area contributed by atoms with Crippen molar-refractivity contribution >= 4 is 27.6 Å². The standard InChI is InChI=1S/C12H11ClN2O4S/c13-9-3-2-8(7-14)6-10(9)20(18,19)15-12(11(16)17)4-1-5-12/h2-3,6,15H,1,4-5H2,(H,16,17). The van der Waals surface area contributed by atoms with Crippen LogP contribution in [-0.4, -0.2) is 25.0 Å². The second-order valence-electron chi connectivity index (χ2n) is 4.60. The maximum Gasteiger partial charge on any atom is 0.324 e. The first-order valence-corrected chi connectivity index (χ1v) is 7.64. The van der Waals surface area contributed by atoms with Crippen LogP contribution in [-0.2, 0) is 14.8 Å². The Hall–Kier alpha value is -1.62. The van der Waals surface area contributed by atoms with E-state index < -0.39 is 21.5 Å². The number of nitrogens with one attached hydrogen (secondary N) is 1. The van der Waals surface area contributed by atoms with Crippen molar-refractivity contribution in [3.63, 3.8) is 0 Å². The third-order valence-corrected chi connectivity index (χ3v) is 5.31. The number of benzene rings is 1. The van der Waals surface area contributed by atoms with Crippen LogP contribution in [0, 0.1) is 11.3 Å². The maximum atomic E-state index is 12.3. The highest BCUT2D eigenvalue weighted by molar-refractivity contribution is 7.89. The number of nitriles is 1. The fourth-order valence-electron chi connectivity index (χ4n) is 1.98. The third kappa shape index (κ3) is 2.50. The van der Waals surface area contributed by atoms with Gasteiger partial charge in [-0.1, -0.05) is 11.6 Å². The number of carboxylic acid groups (broad SMARTS) is 1. The van der Waals surface area contributed by atoms with E-state index in [1.165, 1.54) is 12.1 Å². The van der Waals surface area contributed by atoms with Crippen molar-refractivity contribution in [3.8, 4) is 6.07 Å². The van der Waals surface area contributed by atoms with Crippen LogP contribution >= 0.6 is 11.6 Å². The molecular weight excluding hydrogens is 304 g/mol. The van der Waals surface area contributed by atoms with Gasteiger partial charge in [-0.2, -0.15) is 9.98 Å². The van der Waals surface area contributed by atoms with Gasteiger partial charge in [0.1, 0.15) is 10.4 Å². The molecule has 0 saturated heterocycles. The predicted octanol–water partition coefficient (Wildman–Crippen LogP) is 1.50. The molecule has 0 radical (unpaired) electrons. The van der Waals surface area contributed by atoms with Gasteiger partial charge in [0.05, 0.1) is 16.7 Å². The molecule has 1 aromatic carbocycles. The molecular formula is C12H11ClN2O4S. The molecule has 2 rings (SSSR count). The molecule has 0 spiro atoms. The van der Waals surface area contributed by atoms with Crippen molar-refractivity contribution in [1.82, 2.24) is 4.72 Å². The van der Waals surface area contributed by atoms with Crippen LogP contribution in [0.25, 0.3) is 0 Å². The van der Waals surface area contributed by atoms with E-state index in [2.05, 4.69) is 4.72 Å². The van der Waals surface area contributed by atoms with Crippen LogP contribution in [0.4, 0.5) is 0 Å². The quantitative estimate of drug-likeness (QED) is 0.875. The molecule has 20 heavy (non-hydrogen) atoms. The minimum atomic E-state index is -4.10. The highest BCUT2D eigenvalue weighted by Crippen LogP contribution is 2.34. The molecule has 0 unspecified atom stereocenters. The van der Waals surface area contributed by atoms with Gasteiger partial charge in [-0.05, 0) is 37.5 Å². The number of hydrogen-bond acceptors (Lipinski definition) is 4. The number of carbonyl (C=O) groups is 1. The lowest BCUT2D eigenvalue weighted by atomic mass is 9.78. The number of sulfonamides is 1. The predicted molar refractivity (Wildman–Crippen MR) is 70.7 cm³/mol. The monoisotopic (exact) mass is 314 g/mol. The lowest BCUT2D eigenvalue weighted by Gasteiger charge is -2.37. The molecule has 1 aromatic rings. The molecule has 0 atom stereocenters. The number of halogens is 1. The van der Waals surface area contributed by atoms with E-state index in [9.17, 15) is 13.2 Å². The van der Waals surface area contributed by atoms with Crippen molar-refractivity contribution in [2.45, 2.75) is 29.7 Å². The fourth-order valence-corrected chi connectivity index (χ4v) is 3.93. The Morgan fingerprint density at radius 3 is 2.55 bits per heavy atom. The maximum absolute atomic E-state index is 12.3. The van der Waals surface area contributed by atoms with E-state index in [-0.39, 0.29) is 28.3 Å². The van der Waals surface area contributed by atoms with Crippen molar-refractivity contribution in [2.24, 2.45) is 0 Å². The molecule has 2 N–H and O–H groups in total. The molecule has 1 aliphatic carbocycles. The summed E-state index contributed by atoms with van der Waals surface area (Å²) in [6, 6.07) is 5.62. The second-order valence-corrected chi connectivity index (χ2v) is 6.66. The molecule has 1 fully saturated rings. The van der Waals surface area contributed by atoms with E-state index in [0.29, 0.717) is 6.42 Å². The van der Waals surface area contributed by atoms with Gasteiger partial charge in [0, 0.05) is 0 Å². The van der Waals surface area contributed by atoms with Gasteiger partial charge in [-0.15, -0.1) is 0 Å². The fraction of sp³-hybridized carbons (Fsp3) is 0.333. The Morgan fingerprint density at radius 1 is 1.45 bits per heavy atom. The summed E-state index contributed by atoms with van der Waals surface area (Å²) < 4.78 is 26.7. The third-order valence-electron chi connectivity index (χ3n) is 3.30. The van der Waals surface area contributed by atoms with E-state index in [1.54, 1.807) is 0 Å². The number of carboxylic acids is 1. The molecule has 0 aliphatic heterocycles. The topological polar surface area (TPSA) is 107 Å². The van der Waals surface area contributed by atoms with Crippen LogP contribution < -0.4 is 4.72 Å². The molecule has 0 heterocycles. The molecule has 1 aliphatic rings. The number of rotatable bonds is 4. The summed E-state index contributed by atoms with van der Waals surface area (Å²) in [4.78, 5) is 10.9. The zero-order valence-electron chi connectivity index (χ0n) is 10.3. The van der Waals surface area contributed by atoms with Crippen molar-refractivity contribution in [3.05, 3.63) is 28.8 Å². The average molecular weight is 315 g/mol. The molecule has 1 saturated carbocycles. The smallest absolute Gasteiger partial charge is 0.324 e. The molecule has 8 heteroatoms. The molecule has 6 nitrogen and oxygen atoms in total. The number of hydrogen-bond donors (Lipinski definition) is 2. The number of aliphatic carboxylic acids is 1. The summed E-state index contributed by atoms with van der Waals surface area (Å²) in [7, 11) is -4.10. The van der Waals surface area contributed by atoms with Crippen molar-refractivity contribution < 1.29 is 18.3 Å². The number of nitrogens with zero attached hydrogens (tertiary/aromatic N) is 1. The zero-order chi connectivity index (χ0) is 15.0. The van der Waals surface area contributed by atoms with Gasteiger partial charge >= 0.3 is 5.97 Å². The van der Waals surface area contributed by atoms with Gasteiger partial charge in [-0.3, -0.25) is 4.79 Å². The second kappa shape index (κ2) is 5.05. The first-order chi connectivity index (χ1) is 9.31. The first-order valence-electron chi connectivity index (χ1n) is 5.78. The van der Waals surface area contributed by atoms with Crippen molar-refractivity contribution in [1.29, 1.82) is 5.26 Å². The van der Waals surface area contributed by atoms with Crippen LogP contribution in [0.2, 0.25) is 5.02 Å². The van der Waals surface area contributed by atoms with E-state index in [4.69, 9.17) is 22.0 Å². The highest BCUT2D eigenvalue weighted by Gasteiger charge is 2.47. The first kappa shape index (κ1) is 14.8. The summed E-state index contributed by atoms with van der Waals surface area (Å²) in [6.07, 6.45) is 1.11. The lowest BCUT2D eigenvalue weighted by Crippen LogP contribution is -2.58. The van der Waals surface area contributed by atoms with Gasteiger partial charge < -0.3 is 5.11 Å². The lowest BCUT2D eigenvalue weighted by molar-refractivity contribution is -0.147. The summed E-state index contributed by atoms with van der Waals surface area (Å²) in [5.74, 6) is -1.21. The molecule has 0 amide bonds. The normalized spacial score (nSPS) is 17.0. The van der Waals surface area contributed by atoms with Crippen LogP contribution in [0.3, 0.4) is 0 Å².